The van der Waals surface area contributed by atoms with E-state index in [2.05, 4.69) is 11.2 Å². The van der Waals surface area contributed by atoms with Gasteiger partial charge in [0, 0.05) is 18.2 Å². The van der Waals surface area contributed by atoms with E-state index in [0.717, 1.165) is 17.1 Å². The molecule has 0 heterocycles. The minimum absolute atomic E-state index is 0.0453. The van der Waals surface area contributed by atoms with E-state index >= 15 is 0 Å². The number of nitrogens with one attached hydrogen (secondary N) is 1. The maximum Gasteiger partial charge on any atom is 0.123 e. The van der Waals surface area contributed by atoms with Crippen LogP contribution in [-0.2, 0) is 0 Å². The van der Waals surface area contributed by atoms with Crippen molar-refractivity contribution in [1.82, 2.24) is 5.32 Å². The maximum atomic E-state index is 5.73. The average molecular weight is 234 g/mol. The van der Waals surface area contributed by atoms with Crippen LogP contribution in [0.1, 0.15) is 11.6 Å². The van der Waals surface area contributed by atoms with Crippen LogP contribution < -0.4 is 20.5 Å². The predicted molar refractivity (Wildman–Crippen MR) is 68.2 cm³/mol. The largest absolute Gasteiger partial charge is 0.497 e. The molecule has 0 aromatic heterocycles. The Kier molecular flexibility index (Phi) is 5.34. The zero-order valence-corrected chi connectivity index (χ0v) is 10.2. The first-order valence-corrected chi connectivity index (χ1v) is 5.35. The minimum Gasteiger partial charge on any atom is -0.497 e. The Hall–Kier alpha value is -1.70. The van der Waals surface area contributed by atoms with E-state index in [9.17, 15) is 0 Å². The molecular weight excluding hydrogens is 216 g/mol. The second-order valence-electron chi connectivity index (χ2n) is 3.48. The van der Waals surface area contributed by atoms with Gasteiger partial charge in [0.15, 0.2) is 0 Å². The van der Waals surface area contributed by atoms with Crippen molar-refractivity contribution in [3.05, 3.63) is 23.8 Å². The number of benzene rings is 1. The summed E-state index contributed by atoms with van der Waals surface area (Å²) in [6, 6.07) is 5.56. The molecule has 0 saturated heterocycles. The highest BCUT2D eigenvalue weighted by atomic mass is 16.5. The standard InChI is InChI=1S/C13H18N2O2/c1-4-7-15-12(9-14)11-8-10(16-2)5-6-13(11)17-3/h1,5-6,8,12,15H,7,9,14H2,2-3H3. The molecule has 1 aromatic rings. The van der Waals surface area contributed by atoms with Gasteiger partial charge in [0.2, 0.25) is 0 Å². The van der Waals surface area contributed by atoms with E-state index in [1.54, 1.807) is 14.2 Å². The summed E-state index contributed by atoms with van der Waals surface area (Å²) >= 11 is 0. The van der Waals surface area contributed by atoms with Crippen LogP contribution in [0.3, 0.4) is 0 Å². The molecule has 0 fully saturated rings. The van der Waals surface area contributed by atoms with Crippen LogP contribution in [0.2, 0.25) is 0 Å². The van der Waals surface area contributed by atoms with Crippen LogP contribution in [0, 0.1) is 12.3 Å². The number of nitrogens with two attached hydrogens (primary N) is 1. The lowest BCUT2D eigenvalue weighted by atomic mass is 10.1. The van der Waals surface area contributed by atoms with Gasteiger partial charge in [-0.05, 0) is 18.2 Å². The van der Waals surface area contributed by atoms with Gasteiger partial charge in [-0.2, -0.15) is 0 Å². The molecule has 17 heavy (non-hydrogen) atoms. The molecule has 1 rings (SSSR count). The van der Waals surface area contributed by atoms with Gasteiger partial charge in [-0.3, -0.25) is 5.32 Å². The molecule has 0 aliphatic rings. The minimum atomic E-state index is -0.0453. The SMILES string of the molecule is C#CCNC(CN)c1cc(OC)ccc1OC. The molecule has 92 valence electrons. The molecule has 0 amide bonds. The monoisotopic (exact) mass is 234 g/mol. The summed E-state index contributed by atoms with van der Waals surface area (Å²) in [5, 5.41) is 3.16. The quantitative estimate of drug-likeness (QED) is 0.719. The van der Waals surface area contributed by atoms with E-state index in [1.165, 1.54) is 0 Å². The van der Waals surface area contributed by atoms with Crippen LogP contribution in [-0.4, -0.2) is 27.3 Å². The van der Waals surface area contributed by atoms with Gasteiger partial charge in [0.25, 0.3) is 0 Å². The molecule has 0 aliphatic heterocycles. The van der Waals surface area contributed by atoms with Crippen molar-refractivity contribution in [2.45, 2.75) is 6.04 Å². The van der Waals surface area contributed by atoms with Crippen LogP contribution in [0.4, 0.5) is 0 Å². The molecule has 0 radical (unpaired) electrons. The molecule has 0 bridgehead atoms. The number of ether oxygens (including phenoxy) is 2. The van der Waals surface area contributed by atoms with Crippen LogP contribution in [0.25, 0.3) is 0 Å². The highest BCUT2D eigenvalue weighted by Crippen LogP contribution is 2.28. The average Bonchev–Trinajstić information content (AvgIpc) is 2.39. The van der Waals surface area contributed by atoms with Crippen molar-refractivity contribution in [3.8, 4) is 23.8 Å². The van der Waals surface area contributed by atoms with E-state index in [0.29, 0.717) is 13.1 Å². The lowest BCUT2D eigenvalue weighted by Gasteiger charge is -2.19. The third-order valence-corrected chi connectivity index (χ3v) is 2.50. The topological polar surface area (TPSA) is 56.5 Å². The second kappa shape index (κ2) is 6.79. The Morgan fingerprint density at radius 2 is 2.18 bits per heavy atom. The summed E-state index contributed by atoms with van der Waals surface area (Å²) in [6.07, 6.45) is 5.23. The fourth-order valence-electron chi connectivity index (χ4n) is 1.61. The lowest BCUT2D eigenvalue weighted by Crippen LogP contribution is -2.28. The van der Waals surface area contributed by atoms with Gasteiger partial charge in [0.05, 0.1) is 20.8 Å². The van der Waals surface area contributed by atoms with Crippen molar-refractivity contribution >= 4 is 0 Å². The van der Waals surface area contributed by atoms with Crippen molar-refractivity contribution in [3.63, 3.8) is 0 Å². The van der Waals surface area contributed by atoms with E-state index in [4.69, 9.17) is 21.6 Å². The highest BCUT2D eigenvalue weighted by Gasteiger charge is 2.14. The first-order chi connectivity index (χ1) is 8.26. The fourth-order valence-corrected chi connectivity index (χ4v) is 1.61. The van der Waals surface area contributed by atoms with E-state index < -0.39 is 0 Å². The van der Waals surface area contributed by atoms with Crippen molar-refractivity contribution in [2.75, 3.05) is 27.3 Å². The second-order valence-corrected chi connectivity index (χ2v) is 3.48. The Bertz CT molecular complexity index is 399. The number of terminal acetylenes is 1. The van der Waals surface area contributed by atoms with Gasteiger partial charge in [-0.25, -0.2) is 0 Å². The molecule has 1 atom stereocenters. The zero-order valence-electron chi connectivity index (χ0n) is 10.2. The maximum absolute atomic E-state index is 5.73. The summed E-state index contributed by atoms with van der Waals surface area (Å²) in [5.41, 5.74) is 6.68. The van der Waals surface area contributed by atoms with Gasteiger partial charge < -0.3 is 15.2 Å². The van der Waals surface area contributed by atoms with Gasteiger partial charge in [-0.1, -0.05) is 5.92 Å². The molecular formula is C13H18N2O2. The predicted octanol–water partition coefficient (Wildman–Crippen LogP) is 0.926. The molecule has 3 N–H and O–H groups in total. The molecule has 1 aromatic carbocycles. The summed E-state index contributed by atoms with van der Waals surface area (Å²) in [7, 11) is 3.25. The van der Waals surface area contributed by atoms with Gasteiger partial charge >= 0.3 is 0 Å². The van der Waals surface area contributed by atoms with Crippen LogP contribution in [0.5, 0.6) is 11.5 Å². The zero-order chi connectivity index (χ0) is 12.7. The smallest absolute Gasteiger partial charge is 0.123 e. The third kappa shape index (κ3) is 3.38. The number of rotatable bonds is 6. The molecule has 0 spiro atoms. The Labute approximate surface area is 102 Å². The molecule has 0 saturated carbocycles. The first-order valence-electron chi connectivity index (χ1n) is 5.35. The Morgan fingerprint density at radius 3 is 2.71 bits per heavy atom. The Morgan fingerprint density at radius 1 is 1.41 bits per heavy atom. The van der Waals surface area contributed by atoms with Gasteiger partial charge in [-0.15, -0.1) is 6.42 Å². The van der Waals surface area contributed by atoms with Crippen molar-refractivity contribution in [2.24, 2.45) is 5.73 Å². The Balaban J connectivity index is 3.02. The molecule has 4 heteroatoms. The number of methoxy groups -OCH3 is 2. The summed E-state index contributed by atoms with van der Waals surface area (Å²) < 4.78 is 10.5. The first kappa shape index (κ1) is 13.4. The lowest BCUT2D eigenvalue weighted by molar-refractivity contribution is 0.391. The number of hydrogen-bond acceptors (Lipinski definition) is 4. The summed E-state index contributed by atoms with van der Waals surface area (Å²) in [5.74, 6) is 4.06. The van der Waals surface area contributed by atoms with Crippen LogP contribution in [0.15, 0.2) is 18.2 Å². The normalized spacial score (nSPS) is 11.6. The van der Waals surface area contributed by atoms with Gasteiger partial charge in [0.1, 0.15) is 11.5 Å². The van der Waals surface area contributed by atoms with E-state index in [-0.39, 0.29) is 6.04 Å². The molecule has 1 unspecified atom stereocenters. The third-order valence-electron chi connectivity index (χ3n) is 2.50. The molecule has 0 aliphatic carbocycles. The van der Waals surface area contributed by atoms with Crippen molar-refractivity contribution in [1.29, 1.82) is 0 Å². The number of hydrogen-bond donors (Lipinski definition) is 2. The fraction of sp³-hybridized carbons (Fsp3) is 0.385. The summed E-state index contributed by atoms with van der Waals surface area (Å²) in [6.45, 7) is 0.896. The highest BCUT2D eigenvalue weighted by molar-refractivity contribution is 5.42. The summed E-state index contributed by atoms with van der Waals surface area (Å²) in [4.78, 5) is 0. The van der Waals surface area contributed by atoms with E-state index in [1.807, 2.05) is 18.2 Å². The van der Waals surface area contributed by atoms with Crippen LogP contribution >= 0.6 is 0 Å². The van der Waals surface area contributed by atoms with Crippen molar-refractivity contribution < 1.29 is 9.47 Å². The molecule has 4 nitrogen and oxygen atoms in total.